The SMILES string of the molecule is COC(=O)CC(=O)n1cc(C(C#N)=Cc2cnccc2OC)c2cc(Br)ccc21. The summed E-state index contributed by atoms with van der Waals surface area (Å²) in [5.74, 6) is -0.516. The number of nitrogens with zero attached hydrogens (tertiary/aromatic N) is 3. The number of carbonyl (C=O) groups excluding carboxylic acids is 2. The summed E-state index contributed by atoms with van der Waals surface area (Å²) in [4.78, 5) is 28.2. The van der Waals surface area contributed by atoms with Gasteiger partial charge in [-0.15, -0.1) is 0 Å². The molecule has 2 heterocycles. The molecule has 146 valence electrons. The lowest BCUT2D eigenvalue weighted by molar-refractivity contribution is -0.139. The molecule has 0 aliphatic heterocycles. The molecule has 3 rings (SSSR count). The summed E-state index contributed by atoms with van der Waals surface area (Å²) >= 11 is 3.42. The van der Waals surface area contributed by atoms with E-state index in [-0.39, 0.29) is 0 Å². The highest BCUT2D eigenvalue weighted by Crippen LogP contribution is 2.32. The van der Waals surface area contributed by atoms with E-state index in [1.54, 1.807) is 42.9 Å². The molecule has 0 fully saturated rings. The molecule has 3 aromatic rings. The number of esters is 1. The van der Waals surface area contributed by atoms with Gasteiger partial charge < -0.3 is 9.47 Å². The number of hydrogen-bond acceptors (Lipinski definition) is 6. The van der Waals surface area contributed by atoms with Crippen molar-refractivity contribution in [3.63, 3.8) is 0 Å². The molecule has 0 radical (unpaired) electrons. The number of ether oxygens (including phenoxy) is 2. The Morgan fingerprint density at radius 1 is 1.31 bits per heavy atom. The third-order valence-corrected chi connectivity index (χ3v) is 4.79. The third-order valence-electron chi connectivity index (χ3n) is 4.30. The molecule has 0 amide bonds. The molecule has 8 heteroatoms. The molecule has 0 bridgehead atoms. The Labute approximate surface area is 175 Å². The van der Waals surface area contributed by atoms with Crippen molar-refractivity contribution in [1.82, 2.24) is 9.55 Å². The highest BCUT2D eigenvalue weighted by atomic mass is 79.9. The monoisotopic (exact) mass is 453 g/mol. The van der Waals surface area contributed by atoms with Crippen LogP contribution in [0.1, 0.15) is 22.3 Å². The third kappa shape index (κ3) is 4.20. The predicted molar refractivity (Wildman–Crippen MR) is 111 cm³/mol. The minimum absolute atomic E-state index is 0.323. The van der Waals surface area contributed by atoms with E-state index in [2.05, 4.69) is 31.7 Å². The van der Waals surface area contributed by atoms with Gasteiger partial charge >= 0.3 is 5.97 Å². The maximum Gasteiger partial charge on any atom is 0.315 e. The standard InChI is InChI=1S/C21H16BrN3O4/c1-28-19-5-6-24-11-14(19)7-13(10-23)17-12-25(20(26)9-21(27)29-2)18-4-3-15(22)8-16(17)18/h3-8,11-12H,9H2,1-2H3. The van der Waals surface area contributed by atoms with Crippen molar-refractivity contribution in [2.45, 2.75) is 6.42 Å². The van der Waals surface area contributed by atoms with Gasteiger partial charge in [0.25, 0.3) is 0 Å². The number of rotatable bonds is 5. The number of fused-ring (bicyclic) bond motifs is 1. The van der Waals surface area contributed by atoms with Crippen LogP contribution < -0.4 is 4.74 Å². The van der Waals surface area contributed by atoms with Crippen LogP contribution in [0.4, 0.5) is 0 Å². The van der Waals surface area contributed by atoms with E-state index in [0.29, 0.717) is 33.4 Å². The van der Waals surface area contributed by atoms with Gasteiger partial charge in [0.05, 0.1) is 31.4 Å². The Morgan fingerprint density at radius 2 is 2.10 bits per heavy atom. The first-order valence-corrected chi connectivity index (χ1v) is 9.28. The summed E-state index contributed by atoms with van der Waals surface area (Å²) < 4.78 is 12.1. The zero-order chi connectivity index (χ0) is 21.0. The molecule has 0 saturated heterocycles. The summed E-state index contributed by atoms with van der Waals surface area (Å²) in [5, 5.41) is 10.5. The van der Waals surface area contributed by atoms with E-state index in [1.807, 2.05) is 6.07 Å². The van der Waals surface area contributed by atoms with Gasteiger partial charge in [-0.2, -0.15) is 5.26 Å². The molecule has 0 saturated carbocycles. The van der Waals surface area contributed by atoms with Gasteiger partial charge in [-0.3, -0.25) is 19.1 Å². The van der Waals surface area contributed by atoms with Crippen LogP contribution in [0.25, 0.3) is 22.6 Å². The van der Waals surface area contributed by atoms with Crippen LogP contribution in [0, 0.1) is 11.3 Å². The van der Waals surface area contributed by atoms with E-state index in [4.69, 9.17) is 4.74 Å². The number of aromatic nitrogens is 2. The fraction of sp³-hybridized carbons (Fsp3) is 0.143. The largest absolute Gasteiger partial charge is 0.496 e. The van der Waals surface area contributed by atoms with Crippen molar-refractivity contribution in [3.8, 4) is 11.8 Å². The maximum atomic E-state index is 12.6. The lowest BCUT2D eigenvalue weighted by Gasteiger charge is -2.04. The number of nitriles is 1. The van der Waals surface area contributed by atoms with Gasteiger partial charge in [-0.05, 0) is 30.3 Å². The maximum absolute atomic E-state index is 12.6. The van der Waals surface area contributed by atoms with Gasteiger partial charge in [0.1, 0.15) is 12.2 Å². The Bertz CT molecular complexity index is 1170. The molecule has 7 nitrogen and oxygen atoms in total. The second-order valence-corrected chi connectivity index (χ2v) is 6.92. The van der Waals surface area contributed by atoms with Crippen molar-refractivity contribution < 1.29 is 19.1 Å². The molecular weight excluding hydrogens is 438 g/mol. The Balaban J connectivity index is 2.19. The van der Waals surface area contributed by atoms with E-state index >= 15 is 0 Å². The van der Waals surface area contributed by atoms with E-state index < -0.39 is 18.3 Å². The summed E-state index contributed by atoms with van der Waals surface area (Å²) in [6.07, 6.45) is 5.99. The van der Waals surface area contributed by atoms with Crippen LogP contribution in [0.15, 0.2) is 47.3 Å². The van der Waals surface area contributed by atoms with Crippen LogP contribution in [-0.4, -0.2) is 35.6 Å². The first-order valence-electron chi connectivity index (χ1n) is 8.49. The summed E-state index contributed by atoms with van der Waals surface area (Å²) in [7, 11) is 2.76. The Morgan fingerprint density at radius 3 is 2.79 bits per heavy atom. The van der Waals surface area contributed by atoms with Gasteiger partial charge in [-0.1, -0.05) is 15.9 Å². The molecule has 0 atom stereocenters. The average Bonchev–Trinajstić information content (AvgIpc) is 3.10. The van der Waals surface area contributed by atoms with Gasteiger partial charge in [-0.25, -0.2) is 0 Å². The second kappa shape index (κ2) is 8.71. The normalized spacial score (nSPS) is 11.2. The molecule has 0 unspecified atom stereocenters. The summed E-state index contributed by atoms with van der Waals surface area (Å²) in [6, 6.07) is 9.23. The highest BCUT2D eigenvalue weighted by Gasteiger charge is 2.19. The highest BCUT2D eigenvalue weighted by molar-refractivity contribution is 9.10. The lowest BCUT2D eigenvalue weighted by Crippen LogP contribution is -2.15. The van der Waals surface area contributed by atoms with Crippen molar-refractivity contribution >= 4 is 50.4 Å². The molecule has 0 N–H and O–H groups in total. The Hall–Kier alpha value is -3.44. The molecule has 1 aromatic carbocycles. The van der Waals surface area contributed by atoms with Crippen LogP contribution in [-0.2, 0) is 9.53 Å². The number of halogens is 1. The van der Waals surface area contributed by atoms with E-state index in [0.717, 1.165) is 4.47 Å². The average molecular weight is 454 g/mol. The number of allylic oxidation sites excluding steroid dienone is 1. The fourth-order valence-corrected chi connectivity index (χ4v) is 3.28. The summed E-state index contributed by atoms with van der Waals surface area (Å²) in [5.41, 5.74) is 2.08. The topological polar surface area (TPSA) is 94.2 Å². The molecule has 0 aliphatic carbocycles. The number of carbonyl (C=O) groups is 2. The number of methoxy groups -OCH3 is 2. The van der Waals surface area contributed by atoms with E-state index in [9.17, 15) is 14.9 Å². The zero-order valence-corrected chi connectivity index (χ0v) is 17.3. The fourth-order valence-electron chi connectivity index (χ4n) is 2.92. The van der Waals surface area contributed by atoms with Gasteiger partial charge in [0.15, 0.2) is 0 Å². The lowest BCUT2D eigenvalue weighted by atomic mass is 10.0. The first-order chi connectivity index (χ1) is 14.0. The predicted octanol–water partition coefficient (Wildman–Crippen LogP) is 4.07. The van der Waals surface area contributed by atoms with E-state index in [1.165, 1.54) is 18.8 Å². The molecule has 29 heavy (non-hydrogen) atoms. The van der Waals surface area contributed by atoms with Gasteiger partial charge in [0, 0.05) is 39.6 Å². The number of hydrogen-bond donors (Lipinski definition) is 0. The van der Waals surface area contributed by atoms with Crippen molar-refractivity contribution in [2.75, 3.05) is 14.2 Å². The van der Waals surface area contributed by atoms with Crippen molar-refractivity contribution in [3.05, 3.63) is 58.5 Å². The minimum atomic E-state index is -0.633. The van der Waals surface area contributed by atoms with Crippen LogP contribution in [0.2, 0.25) is 0 Å². The molecule has 0 aliphatic rings. The smallest absolute Gasteiger partial charge is 0.315 e. The number of pyridine rings is 1. The van der Waals surface area contributed by atoms with Gasteiger partial charge in [0.2, 0.25) is 5.91 Å². The van der Waals surface area contributed by atoms with Crippen LogP contribution >= 0.6 is 15.9 Å². The number of benzene rings is 1. The molecular formula is C21H16BrN3O4. The first kappa shape index (κ1) is 20.3. The summed E-state index contributed by atoms with van der Waals surface area (Å²) in [6.45, 7) is 0. The minimum Gasteiger partial charge on any atom is -0.496 e. The van der Waals surface area contributed by atoms with Crippen molar-refractivity contribution in [2.24, 2.45) is 0 Å². The van der Waals surface area contributed by atoms with Crippen molar-refractivity contribution in [1.29, 1.82) is 5.26 Å². The zero-order valence-electron chi connectivity index (χ0n) is 15.7. The molecule has 2 aromatic heterocycles. The van der Waals surface area contributed by atoms with Crippen LogP contribution in [0.3, 0.4) is 0 Å². The quantitative estimate of drug-likeness (QED) is 0.328. The Kier molecular flexibility index (Phi) is 6.10. The van der Waals surface area contributed by atoms with Crippen LogP contribution in [0.5, 0.6) is 5.75 Å². The molecule has 0 spiro atoms. The second-order valence-electron chi connectivity index (χ2n) is 6.01.